The number of thioether (sulfide) groups is 1. The lowest BCUT2D eigenvalue weighted by molar-refractivity contribution is 0.101. The first-order chi connectivity index (χ1) is 11.2. The van der Waals surface area contributed by atoms with E-state index in [1.165, 1.54) is 11.8 Å². The zero-order chi connectivity index (χ0) is 16.2. The van der Waals surface area contributed by atoms with Crippen molar-refractivity contribution in [2.75, 3.05) is 5.75 Å². The van der Waals surface area contributed by atoms with E-state index in [4.69, 9.17) is 4.42 Å². The first-order valence-electron chi connectivity index (χ1n) is 7.08. The van der Waals surface area contributed by atoms with Gasteiger partial charge in [0.2, 0.25) is 0 Å². The Balaban J connectivity index is 1.82. The maximum Gasteiger partial charge on any atom is 0.192 e. The van der Waals surface area contributed by atoms with Crippen molar-refractivity contribution < 1.29 is 9.21 Å². The molecule has 0 aliphatic heterocycles. The predicted octanol–water partition coefficient (Wildman–Crippen LogP) is 3.34. The number of furan rings is 1. The molecule has 0 amide bonds. The second kappa shape index (κ2) is 6.70. The second-order valence-electron chi connectivity index (χ2n) is 4.89. The van der Waals surface area contributed by atoms with Gasteiger partial charge in [-0.05, 0) is 25.1 Å². The molecule has 0 aliphatic rings. The van der Waals surface area contributed by atoms with Crippen LogP contribution in [-0.4, -0.2) is 31.3 Å². The molecule has 6 nitrogen and oxygen atoms in total. The number of nitrogens with zero attached hydrogens (tertiary/aromatic N) is 3. The van der Waals surface area contributed by atoms with E-state index in [1.807, 2.05) is 17.6 Å². The summed E-state index contributed by atoms with van der Waals surface area (Å²) in [6, 6.07) is 5.42. The standard InChI is InChI=1S/C16H16N4O2S/c1-3-8-20-15(12-6-9-22-11(12)2)18-19-16(20)23-10-14(21)13-5-4-7-17-13/h3-7,9,17H,1,8,10H2,2H3. The molecule has 3 aromatic heterocycles. The van der Waals surface area contributed by atoms with E-state index in [0.29, 0.717) is 29.0 Å². The van der Waals surface area contributed by atoms with Crippen molar-refractivity contribution in [1.82, 2.24) is 19.7 Å². The Bertz CT molecular complexity index is 817. The molecule has 0 aromatic carbocycles. The highest BCUT2D eigenvalue weighted by Crippen LogP contribution is 2.27. The fourth-order valence-corrected chi connectivity index (χ4v) is 3.05. The van der Waals surface area contributed by atoms with Gasteiger partial charge < -0.3 is 9.40 Å². The molecule has 3 heterocycles. The zero-order valence-corrected chi connectivity index (χ0v) is 13.5. The molecular formula is C16H16N4O2S. The van der Waals surface area contributed by atoms with Gasteiger partial charge in [0.05, 0.1) is 23.3 Å². The van der Waals surface area contributed by atoms with Gasteiger partial charge in [-0.15, -0.1) is 16.8 Å². The molecule has 0 radical (unpaired) electrons. The molecule has 23 heavy (non-hydrogen) atoms. The van der Waals surface area contributed by atoms with Crippen LogP contribution in [0.25, 0.3) is 11.4 Å². The Hall–Kier alpha value is -2.54. The van der Waals surface area contributed by atoms with Crippen LogP contribution >= 0.6 is 11.8 Å². The Morgan fingerprint density at radius 3 is 3.00 bits per heavy atom. The number of aryl methyl sites for hydroxylation is 1. The van der Waals surface area contributed by atoms with Crippen LogP contribution < -0.4 is 0 Å². The highest BCUT2D eigenvalue weighted by Gasteiger charge is 2.18. The van der Waals surface area contributed by atoms with Crippen molar-refractivity contribution in [3.63, 3.8) is 0 Å². The molecule has 7 heteroatoms. The van der Waals surface area contributed by atoms with Crippen LogP contribution in [0.5, 0.6) is 0 Å². The Kier molecular flexibility index (Phi) is 4.47. The van der Waals surface area contributed by atoms with Crippen molar-refractivity contribution in [2.24, 2.45) is 0 Å². The number of allylic oxidation sites excluding steroid dienone is 1. The molecule has 3 rings (SSSR count). The van der Waals surface area contributed by atoms with Gasteiger partial charge >= 0.3 is 0 Å². The summed E-state index contributed by atoms with van der Waals surface area (Å²) in [6.07, 6.45) is 5.14. The smallest absolute Gasteiger partial charge is 0.192 e. The highest BCUT2D eigenvalue weighted by atomic mass is 32.2. The minimum absolute atomic E-state index is 0.0224. The molecule has 0 spiro atoms. The number of carbonyl (C=O) groups excluding carboxylic acids is 1. The van der Waals surface area contributed by atoms with Gasteiger partial charge in [-0.2, -0.15) is 0 Å². The van der Waals surface area contributed by atoms with Gasteiger partial charge in [-0.3, -0.25) is 9.36 Å². The highest BCUT2D eigenvalue weighted by molar-refractivity contribution is 7.99. The first-order valence-corrected chi connectivity index (χ1v) is 8.07. The topological polar surface area (TPSA) is 76.7 Å². The molecule has 0 atom stereocenters. The van der Waals surface area contributed by atoms with Crippen molar-refractivity contribution in [2.45, 2.75) is 18.6 Å². The van der Waals surface area contributed by atoms with E-state index >= 15 is 0 Å². The number of rotatable bonds is 7. The maximum atomic E-state index is 12.1. The summed E-state index contributed by atoms with van der Waals surface area (Å²) in [4.78, 5) is 15.0. The normalized spacial score (nSPS) is 10.8. The molecule has 1 N–H and O–H groups in total. The second-order valence-corrected chi connectivity index (χ2v) is 5.83. The number of hydrogen-bond donors (Lipinski definition) is 1. The summed E-state index contributed by atoms with van der Waals surface area (Å²) in [7, 11) is 0. The van der Waals surface area contributed by atoms with E-state index in [-0.39, 0.29) is 5.78 Å². The van der Waals surface area contributed by atoms with Crippen molar-refractivity contribution in [1.29, 1.82) is 0 Å². The molecule has 0 saturated carbocycles. The molecule has 3 aromatic rings. The fourth-order valence-electron chi connectivity index (χ4n) is 2.22. The van der Waals surface area contributed by atoms with Crippen LogP contribution in [0, 0.1) is 6.92 Å². The minimum Gasteiger partial charge on any atom is -0.469 e. The number of hydrogen-bond acceptors (Lipinski definition) is 5. The van der Waals surface area contributed by atoms with Crippen LogP contribution in [-0.2, 0) is 6.54 Å². The maximum absolute atomic E-state index is 12.1. The average Bonchev–Trinajstić information content (AvgIpc) is 3.26. The number of Topliss-reactive ketones (excluding diaryl/α,β-unsaturated/α-hetero) is 1. The monoisotopic (exact) mass is 328 g/mol. The van der Waals surface area contributed by atoms with Gasteiger partial charge in [0.15, 0.2) is 16.8 Å². The third-order valence-corrected chi connectivity index (χ3v) is 4.33. The third-order valence-electron chi connectivity index (χ3n) is 3.36. The SMILES string of the molecule is C=CCn1c(SCC(=O)c2ccc[nH]2)nnc1-c1ccoc1C. The number of carbonyl (C=O) groups is 1. The summed E-state index contributed by atoms with van der Waals surface area (Å²) in [6.45, 7) is 6.22. The van der Waals surface area contributed by atoms with Crippen LogP contribution in [0.15, 0.2) is 52.9 Å². The Labute approximate surface area is 137 Å². The lowest BCUT2D eigenvalue weighted by atomic mass is 10.2. The molecular weight excluding hydrogens is 312 g/mol. The number of H-pyrrole nitrogens is 1. The predicted molar refractivity (Wildman–Crippen MR) is 88.5 cm³/mol. The Morgan fingerprint density at radius 1 is 1.48 bits per heavy atom. The summed E-state index contributed by atoms with van der Waals surface area (Å²) >= 11 is 1.36. The summed E-state index contributed by atoms with van der Waals surface area (Å²) in [5, 5.41) is 9.13. The number of aromatic amines is 1. The summed E-state index contributed by atoms with van der Waals surface area (Å²) in [5.41, 5.74) is 1.49. The quantitative estimate of drug-likeness (QED) is 0.409. The molecule has 0 aliphatic carbocycles. The van der Waals surface area contributed by atoms with E-state index in [2.05, 4.69) is 21.8 Å². The first kappa shape index (κ1) is 15.4. The van der Waals surface area contributed by atoms with Crippen LogP contribution in [0.4, 0.5) is 0 Å². The number of nitrogens with one attached hydrogen (secondary N) is 1. The molecule has 118 valence electrons. The largest absolute Gasteiger partial charge is 0.469 e. The van der Waals surface area contributed by atoms with E-state index in [0.717, 1.165) is 11.3 Å². The van der Waals surface area contributed by atoms with Crippen LogP contribution in [0.3, 0.4) is 0 Å². The fraction of sp³-hybridized carbons (Fsp3) is 0.188. The number of ketones is 1. The van der Waals surface area contributed by atoms with Gasteiger partial charge in [0.1, 0.15) is 5.76 Å². The van der Waals surface area contributed by atoms with Crippen LogP contribution in [0.2, 0.25) is 0 Å². The van der Waals surface area contributed by atoms with Gasteiger partial charge in [-0.25, -0.2) is 0 Å². The molecule has 0 saturated heterocycles. The van der Waals surface area contributed by atoms with Gasteiger partial charge in [-0.1, -0.05) is 17.8 Å². The summed E-state index contributed by atoms with van der Waals surface area (Å²) < 4.78 is 7.26. The lowest BCUT2D eigenvalue weighted by Gasteiger charge is -2.06. The van der Waals surface area contributed by atoms with Crippen molar-refractivity contribution in [3.8, 4) is 11.4 Å². The minimum atomic E-state index is 0.0224. The molecule has 0 fully saturated rings. The van der Waals surface area contributed by atoms with Gasteiger partial charge in [0, 0.05) is 12.7 Å². The number of aromatic nitrogens is 4. The zero-order valence-electron chi connectivity index (χ0n) is 12.7. The third kappa shape index (κ3) is 3.14. The molecule has 0 bridgehead atoms. The van der Waals surface area contributed by atoms with Crippen molar-refractivity contribution in [3.05, 3.63) is 54.8 Å². The Morgan fingerprint density at radius 2 is 2.35 bits per heavy atom. The van der Waals surface area contributed by atoms with E-state index in [9.17, 15) is 4.79 Å². The van der Waals surface area contributed by atoms with E-state index < -0.39 is 0 Å². The van der Waals surface area contributed by atoms with Gasteiger partial charge in [0.25, 0.3) is 0 Å². The van der Waals surface area contributed by atoms with Crippen LogP contribution in [0.1, 0.15) is 16.2 Å². The average molecular weight is 328 g/mol. The summed E-state index contributed by atoms with van der Waals surface area (Å²) in [5.74, 6) is 1.81. The van der Waals surface area contributed by atoms with E-state index in [1.54, 1.807) is 30.7 Å². The van der Waals surface area contributed by atoms with Crippen molar-refractivity contribution >= 4 is 17.5 Å². The lowest BCUT2D eigenvalue weighted by Crippen LogP contribution is -2.05. The molecule has 0 unspecified atom stereocenters.